The van der Waals surface area contributed by atoms with Crippen LogP contribution in [0, 0.1) is 5.82 Å². The fraction of sp³-hybridized carbons (Fsp3) is 0.222. The van der Waals surface area contributed by atoms with E-state index in [4.69, 9.17) is 9.47 Å². The van der Waals surface area contributed by atoms with Gasteiger partial charge in [-0.1, -0.05) is 6.07 Å². The number of rotatable bonds is 4. The smallest absolute Gasteiger partial charge is 0.251 e. The van der Waals surface area contributed by atoms with Crippen LogP contribution in [0.15, 0.2) is 42.5 Å². The summed E-state index contributed by atoms with van der Waals surface area (Å²) in [5, 5.41) is 3.10. The molecule has 1 unspecified atom stereocenters. The molecule has 2 aromatic carbocycles. The number of carbonyl (C=O) groups is 2. The molecule has 4 rings (SSSR count). The van der Waals surface area contributed by atoms with Gasteiger partial charge in [-0.3, -0.25) is 9.59 Å². The van der Waals surface area contributed by atoms with Crippen molar-refractivity contribution in [2.45, 2.75) is 19.0 Å². The number of fused-ring (bicyclic) bond motifs is 1. The molecule has 128 valence electrons. The van der Waals surface area contributed by atoms with E-state index >= 15 is 0 Å². The second-order valence-electron chi connectivity index (χ2n) is 5.87. The standard InChI is InChI=1S/C18H15FN2O4/c19-12-2-4-13(5-3-12)21-17(22)8-14(18(21)23)20-9-11-1-6-15-16(7-11)25-10-24-15/h1-7,14,20H,8-10H2. The van der Waals surface area contributed by atoms with Crippen molar-refractivity contribution in [1.82, 2.24) is 5.32 Å². The zero-order valence-corrected chi connectivity index (χ0v) is 13.2. The van der Waals surface area contributed by atoms with Crippen LogP contribution in [0.1, 0.15) is 12.0 Å². The van der Waals surface area contributed by atoms with Crippen molar-refractivity contribution in [3.63, 3.8) is 0 Å². The Labute approximate surface area is 143 Å². The Hall–Kier alpha value is -2.93. The summed E-state index contributed by atoms with van der Waals surface area (Å²) in [7, 11) is 0. The van der Waals surface area contributed by atoms with Crippen LogP contribution in [-0.4, -0.2) is 24.6 Å². The first-order valence-electron chi connectivity index (χ1n) is 7.86. The maximum Gasteiger partial charge on any atom is 0.251 e. The summed E-state index contributed by atoms with van der Waals surface area (Å²) in [6.45, 7) is 0.617. The first-order chi connectivity index (χ1) is 12.1. The lowest BCUT2D eigenvalue weighted by Gasteiger charge is -2.15. The van der Waals surface area contributed by atoms with Crippen molar-refractivity contribution in [3.8, 4) is 11.5 Å². The van der Waals surface area contributed by atoms with Crippen LogP contribution in [-0.2, 0) is 16.1 Å². The maximum absolute atomic E-state index is 13.0. The number of imide groups is 1. The summed E-state index contributed by atoms with van der Waals surface area (Å²) in [5.41, 5.74) is 1.30. The first-order valence-corrected chi connectivity index (χ1v) is 7.86. The molecule has 2 amide bonds. The highest BCUT2D eigenvalue weighted by atomic mass is 19.1. The minimum absolute atomic E-state index is 0.0702. The van der Waals surface area contributed by atoms with E-state index < -0.39 is 11.9 Å². The number of carbonyl (C=O) groups excluding carboxylic acids is 2. The molecule has 1 N–H and O–H groups in total. The number of amides is 2. The van der Waals surface area contributed by atoms with Gasteiger partial charge in [0.1, 0.15) is 5.82 Å². The van der Waals surface area contributed by atoms with Crippen molar-refractivity contribution in [2.75, 3.05) is 11.7 Å². The van der Waals surface area contributed by atoms with Crippen LogP contribution in [0.25, 0.3) is 0 Å². The van der Waals surface area contributed by atoms with E-state index in [0.717, 1.165) is 10.5 Å². The highest BCUT2D eigenvalue weighted by Crippen LogP contribution is 2.32. The number of benzene rings is 2. The number of hydrogen-bond donors (Lipinski definition) is 1. The van der Waals surface area contributed by atoms with Crippen LogP contribution in [0.5, 0.6) is 11.5 Å². The second kappa shape index (κ2) is 6.18. The largest absolute Gasteiger partial charge is 0.454 e. The Kier molecular flexibility index (Phi) is 3.85. The normalized spacial score (nSPS) is 18.9. The average Bonchev–Trinajstić information content (AvgIpc) is 3.18. The molecule has 2 heterocycles. The molecule has 25 heavy (non-hydrogen) atoms. The van der Waals surface area contributed by atoms with E-state index in [-0.39, 0.29) is 25.0 Å². The van der Waals surface area contributed by atoms with Crippen LogP contribution in [0.3, 0.4) is 0 Å². The SMILES string of the molecule is O=C1CC(NCc2ccc3c(c2)OCO3)C(=O)N1c1ccc(F)cc1. The zero-order valence-electron chi connectivity index (χ0n) is 13.2. The lowest BCUT2D eigenvalue weighted by molar-refractivity contribution is -0.121. The molecule has 0 aromatic heterocycles. The fourth-order valence-electron chi connectivity index (χ4n) is 2.94. The van der Waals surface area contributed by atoms with E-state index in [1.807, 2.05) is 18.2 Å². The Morgan fingerprint density at radius 3 is 2.64 bits per heavy atom. The molecule has 0 bridgehead atoms. The van der Waals surface area contributed by atoms with Gasteiger partial charge in [0.2, 0.25) is 12.7 Å². The molecule has 2 aliphatic rings. The predicted octanol–water partition coefficient (Wildman–Crippen LogP) is 1.98. The van der Waals surface area contributed by atoms with Gasteiger partial charge in [-0.25, -0.2) is 9.29 Å². The maximum atomic E-state index is 13.0. The number of nitrogens with zero attached hydrogens (tertiary/aromatic N) is 1. The summed E-state index contributed by atoms with van der Waals surface area (Å²) < 4.78 is 23.6. The number of ether oxygens (including phenoxy) is 2. The Morgan fingerprint density at radius 2 is 1.84 bits per heavy atom. The lowest BCUT2D eigenvalue weighted by Crippen LogP contribution is -2.38. The van der Waals surface area contributed by atoms with Gasteiger partial charge in [0.15, 0.2) is 11.5 Å². The molecule has 1 saturated heterocycles. The molecule has 0 aliphatic carbocycles. The van der Waals surface area contributed by atoms with E-state index in [2.05, 4.69) is 5.32 Å². The van der Waals surface area contributed by atoms with Crippen molar-refractivity contribution >= 4 is 17.5 Å². The van der Waals surface area contributed by atoms with Gasteiger partial charge in [0.25, 0.3) is 5.91 Å². The molecule has 0 spiro atoms. The quantitative estimate of drug-likeness (QED) is 0.861. The van der Waals surface area contributed by atoms with Gasteiger partial charge in [-0.2, -0.15) is 0 Å². The van der Waals surface area contributed by atoms with Crippen LogP contribution < -0.4 is 19.7 Å². The molecular formula is C18H15FN2O4. The highest BCUT2D eigenvalue weighted by molar-refractivity contribution is 6.22. The van der Waals surface area contributed by atoms with Crippen LogP contribution >= 0.6 is 0 Å². The molecule has 2 aromatic rings. The molecule has 2 aliphatic heterocycles. The molecule has 1 fully saturated rings. The Morgan fingerprint density at radius 1 is 1.08 bits per heavy atom. The summed E-state index contributed by atoms with van der Waals surface area (Å²) >= 11 is 0. The zero-order chi connectivity index (χ0) is 17.4. The predicted molar refractivity (Wildman–Crippen MR) is 86.7 cm³/mol. The summed E-state index contributed by atoms with van der Waals surface area (Å²) in [5.74, 6) is 0.303. The highest BCUT2D eigenvalue weighted by Gasteiger charge is 2.39. The van der Waals surface area contributed by atoms with Crippen molar-refractivity contribution in [2.24, 2.45) is 0 Å². The molecule has 7 heteroatoms. The number of anilines is 1. The summed E-state index contributed by atoms with van der Waals surface area (Å²) in [6, 6.07) is 10.2. The van der Waals surface area contributed by atoms with Crippen molar-refractivity contribution in [1.29, 1.82) is 0 Å². The molecule has 0 saturated carbocycles. The van der Waals surface area contributed by atoms with E-state index in [0.29, 0.717) is 23.7 Å². The third kappa shape index (κ3) is 2.94. The molecular weight excluding hydrogens is 327 g/mol. The Bertz CT molecular complexity index is 837. The van der Waals surface area contributed by atoms with Gasteiger partial charge in [-0.05, 0) is 42.0 Å². The van der Waals surface area contributed by atoms with Gasteiger partial charge in [-0.15, -0.1) is 0 Å². The Balaban J connectivity index is 1.44. The van der Waals surface area contributed by atoms with E-state index in [9.17, 15) is 14.0 Å². The fourth-order valence-corrected chi connectivity index (χ4v) is 2.94. The molecule has 0 radical (unpaired) electrons. The van der Waals surface area contributed by atoms with Crippen LogP contribution in [0.4, 0.5) is 10.1 Å². The number of halogens is 1. The minimum atomic E-state index is -0.608. The number of hydrogen-bond acceptors (Lipinski definition) is 5. The summed E-state index contributed by atoms with van der Waals surface area (Å²) in [6.07, 6.45) is 0.0702. The second-order valence-corrected chi connectivity index (χ2v) is 5.87. The monoisotopic (exact) mass is 342 g/mol. The third-order valence-corrected chi connectivity index (χ3v) is 4.22. The van der Waals surface area contributed by atoms with Gasteiger partial charge >= 0.3 is 0 Å². The first kappa shape index (κ1) is 15.6. The third-order valence-electron chi connectivity index (χ3n) is 4.22. The topological polar surface area (TPSA) is 67.9 Å². The average molecular weight is 342 g/mol. The van der Waals surface area contributed by atoms with Gasteiger partial charge in [0, 0.05) is 6.54 Å². The van der Waals surface area contributed by atoms with Crippen molar-refractivity contribution in [3.05, 3.63) is 53.8 Å². The van der Waals surface area contributed by atoms with Crippen molar-refractivity contribution < 1.29 is 23.5 Å². The molecule has 6 nitrogen and oxygen atoms in total. The van der Waals surface area contributed by atoms with Gasteiger partial charge in [0.05, 0.1) is 18.2 Å². The van der Waals surface area contributed by atoms with Crippen LogP contribution in [0.2, 0.25) is 0 Å². The molecule has 1 atom stereocenters. The lowest BCUT2D eigenvalue weighted by atomic mass is 10.1. The van der Waals surface area contributed by atoms with E-state index in [1.165, 1.54) is 24.3 Å². The summed E-state index contributed by atoms with van der Waals surface area (Å²) in [4.78, 5) is 25.8. The number of nitrogens with one attached hydrogen (secondary N) is 1. The minimum Gasteiger partial charge on any atom is -0.454 e. The van der Waals surface area contributed by atoms with Gasteiger partial charge < -0.3 is 14.8 Å². The van der Waals surface area contributed by atoms with E-state index in [1.54, 1.807) is 0 Å².